The minimum atomic E-state index is -0.723. The molecule has 47 heavy (non-hydrogen) atoms. The topological polar surface area (TPSA) is 107 Å². The van der Waals surface area contributed by atoms with E-state index in [0.29, 0.717) is 41.5 Å². The van der Waals surface area contributed by atoms with Gasteiger partial charge in [0.05, 0.1) is 36.7 Å². The molecular formula is C38H38N6O3. The predicted molar refractivity (Wildman–Crippen MR) is 181 cm³/mol. The molecule has 1 aliphatic carbocycles. The third kappa shape index (κ3) is 6.07. The summed E-state index contributed by atoms with van der Waals surface area (Å²) in [7, 11) is 1.68. The van der Waals surface area contributed by atoms with Crippen molar-refractivity contribution in [1.82, 2.24) is 29.8 Å². The molecule has 3 aromatic heterocycles. The highest BCUT2D eigenvalue weighted by Gasteiger charge is 2.38. The molecule has 7 rings (SSSR count). The highest BCUT2D eigenvalue weighted by molar-refractivity contribution is 6.03. The smallest absolute Gasteiger partial charge is 0.272 e. The summed E-state index contributed by atoms with van der Waals surface area (Å²) in [6, 6.07) is 33.2. The predicted octanol–water partition coefficient (Wildman–Crippen LogP) is 6.37. The number of aromatic nitrogens is 5. The lowest BCUT2D eigenvalue weighted by Crippen LogP contribution is -2.39. The first-order chi connectivity index (χ1) is 23.2. The maximum absolute atomic E-state index is 13.7. The number of hydrogen-bond donors (Lipinski definition) is 2. The average Bonchev–Trinajstić information content (AvgIpc) is 3.82. The maximum Gasteiger partial charge on any atom is 0.272 e. The Morgan fingerprint density at radius 1 is 0.851 bits per heavy atom. The van der Waals surface area contributed by atoms with Gasteiger partial charge in [0.25, 0.3) is 5.91 Å². The number of nitrogens with zero attached hydrogens (tertiary/aromatic N) is 4. The first-order valence-corrected chi connectivity index (χ1v) is 16.1. The Morgan fingerprint density at radius 2 is 1.47 bits per heavy atom. The largest absolute Gasteiger partial charge is 0.382 e. The van der Waals surface area contributed by atoms with Gasteiger partial charge in [0, 0.05) is 25.5 Å². The number of hydrogen-bond acceptors (Lipinski definition) is 6. The van der Waals surface area contributed by atoms with Crippen molar-refractivity contribution in [2.75, 3.05) is 20.3 Å². The number of rotatable bonds is 11. The van der Waals surface area contributed by atoms with Crippen molar-refractivity contribution in [3.05, 3.63) is 138 Å². The second kappa shape index (κ2) is 13.7. The van der Waals surface area contributed by atoms with Crippen LogP contribution in [-0.4, -0.2) is 62.9 Å². The lowest BCUT2D eigenvalue weighted by molar-refractivity contribution is -0.00409. The first kappa shape index (κ1) is 30.5. The van der Waals surface area contributed by atoms with Gasteiger partial charge in [-0.3, -0.25) is 4.79 Å². The molecule has 0 spiro atoms. The molecule has 0 unspecified atom stereocenters. The number of nitrogens with one attached hydrogen (secondary N) is 2. The Hall–Kier alpha value is -5.12. The molecule has 3 aromatic carbocycles. The quantitative estimate of drug-likeness (QED) is 0.128. The van der Waals surface area contributed by atoms with Crippen molar-refractivity contribution >= 4 is 16.9 Å². The molecule has 0 atom stereocenters. The minimum Gasteiger partial charge on any atom is -0.382 e. The molecule has 6 aromatic rings. The van der Waals surface area contributed by atoms with E-state index >= 15 is 0 Å². The maximum atomic E-state index is 13.7. The number of ether oxygens (including phenoxy) is 2. The van der Waals surface area contributed by atoms with Crippen LogP contribution in [0.1, 0.15) is 52.9 Å². The van der Waals surface area contributed by atoms with Crippen molar-refractivity contribution in [3.63, 3.8) is 0 Å². The molecule has 0 radical (unpaired) electrons. The number of imidazole rings is 1. The first-order valence-electron chi connectivity index (χ1n) is 16.1. The van der Waals surface area contributed by atoms with E-state index in [0.717, 1.165) is 42.4 Å². The number of H-pyrrole nitrogens is 1. The number of fused-ring (bicyclic) bond motifs is 1. The normalized spacial score (nSPS) is 16.7. The molecule has 238 valence electrons. The molecule has 0 saturated heterocycles. The van der Waals surface area contributed by atoms with Gasteiger partial charge in [-0.25, -0.2) is 15.0 Å². The minimum absolute atomic E-state index is 0.0515. The Labute approximate surface area is 274 Å². The van der Waals surface area contributed by atoms with Gasteiger partial charge in [-0.05, 0) is 48.4 Å². The number of methoxy groups -OCH3 is 1. The van der Waals surface area contributed by atoms with Crippen LogP contribution in [0.15, 0.2) is 116 Å². The van der Waals surface area contributed by atoms with Gasteiger partial charge < -0.3 is 24.3 Å². The molecule has 1 amide bonds. The third-order valence-electron chi connectivity index (χ3n) is 9.05. The zero-order valence-corrected chi connectivity index (χ0v) is 26.4. The van der Waals surface area contributed by atoms with E-state index in [9.17, 15) is 4.79 Å². The standard InChI is InChI=1S/C38H38N6O3/c1-46-23-24-47-31-19-17-30(18-20-31)41-37(45)35-34-32(21-22-39-34)42-36(43-35)33-25-44(26-40-33)38(27-11-5-2-6-12-27,28-13-7-3-8-14-28)29-15-9-4-10-16-29/h2-16,21-22,25-26,30-31,39H,17-20,23-24H2,1H3,(H,41,45)/t30-,31-. The molecule has 9 heteroatoms. The third-order valence-corrected chi connectivity index (χ3v) is 9.05. The van der Waals surface area contributed by atoms with E-state index < -0.39 is 5.54 Å². The van der Waals surface area contributed by atoms with Gasteiger partial charge in [-0.15, -0.1) is 0 Å². The van der Waals surface area contributed by atoms with Crippen molar-refractivity contribution < 1.29 is 14.3 Å². The lowest BCUT2D eigenvalue weighted by atomic mass is 9.77. The van der Waals surface area contributed by atoms with Crippen molar-refractivity contribution in [1.29, 1.82) is 0 Å². The van der Waals surface area contributed by atoms with Crippen LogP contribution in [0.4, 0.5) is 0 Å². The Morgan fingerprint density at radius 3 is 2.06 bits per heavy atom. The zero-order chi connectivity index (χ0) is 32.1. The number of aromatic amines is 1. The van der Waals surface area contributed by atoms with Crippen LogP contribution in [0.3, 0.4) is 0 Å². The molecule has 2 N–H and O–H groups in total. The molecular weight excluding hydrogens is 588 g/mol. The van der Waals surface area contributed by atoms with Gasteiger partial charge in [0.15, 0.2) is 11.5 Å². The van der Waals surface area contributed by atoms with E-state index in [1.165, 1.54) is 0 Å². The fourth-order valence-electron chi connectivity index (χ4n) is 6.76. The molecule has 3 heterocycles. The van der Waals surface area contributed by atoms with Crippen LogP contribution in [0.25, 0.3) is 22.6 Å². The molecule has 1 fully saturated rings. The van der Waals surface area contributed by atoms with E-state index in [-0.39, 0.29) is 18.1 Å². The van der Waals surface area contributed by atoms with E-state index in [4.69, 9.17) is 24.4 Å². The van der Waals surface area contributed by atoms with Crippen LogP contribution in [0.2, 0.25) is 0 Å². The number of amides is 1. The van der Waals surface area contributed by atoms with Gasteiger partial charge in [-0.2, -0.15) is 0 Å². The van der Waals surface area contributed by atoms with Crippen LogP contribution in [0, 0.1) is 0 Å². The second-order valence-corrected chi connectivity index (χ2v) is 11.9. The van der Waals surface area contributed by atoms with Crippen molar-refractivity contribution in [2.24, 2.45) is 0 Å². The van der Waals surface area contributed by atoms with Crippen LogP contribution in [-0.2, 0) is 15.0 Å². The Bertz CT molecular complexity index is 1820. The van der Waals surface area contributed by atoms with Gasteiger partial charge in [-0.1, -0.05) is 91.0 Å². The summed E-state index contributed by atoms with van der Waals surface area (Å²) >= 11 is 0. The summed E-state index contributed by atoms with van der Waals surface area (Å²) in [5, 5.41) is 3.22. The average molecular weight is 627 g/mol. The van der Waals surface area contributed by atoms with E-state index in [1.54, 1.807) is 13.3 Å². The molecule has 1 saturated carbocycles. The fraction of sp³-hybridized carbons (Fsp3) is 0.263. The van der Waals surface area contributed by atoms with Crippen molar-refractivity contribution in [3.8, 4) is 11.5 Å². The fourth-order valence-corrected chi connectivity index (χ4v) is 6.76. The molecule has 9 nitrogen and oxygen atoms in total. The van der Waals surface area contributed by atoms with Crippen LogP contribution < -0.4 is 5.32 Å². The summed E-state index contributed by atoms with van der Waals surface area (Å²) in [5.74, 6) is 0.163. The zero-order valence-electron chi connectivity index (χ0n) is 26.4. The summed E-state index contributed by atoms with van der Waals surface area (Å²) in [6.45, 7) is 1.18. The Balaban J connectivity index is 1.24. The van der Waals surface area contributed by atoms with E-state index in [2.05, 4.69) is 87.7 Å². The number of carbonyl (C=O) groups excluding carboxylic acids is 1. The highest BCUT2D eigenvalue weighted by atomic mass is 16.5. The summed E-state index contributed by atoms with van der Waals surface area (Å²) in [6.07, 6.45) is 9.28. The highest BCUT2D eigenvalue weighted by Crippen LogP contribution is 2.41. The summed E-state index contributed by atoms with van der Waals surface area (Å²) in [5.41, 5.74) is 4.68. The monoisotopic (exact) mass is 626 g/mol. The van der Waals surface area contributed by atoms with Crippen LogP contribution >= 0.6 is 0 Å². The number of benzene rings is 3. The molecule has 0 bridgehead atoms. The summed E-state index contributed by atoms with van der Waals surface area (Å²) in [4.78, 5) is 31.4. The SMILES string of the molecule is COCCO[C@H]1CC[C@H](NC(=O)c2nc(-c3cn(C(c4ccccc4)(c4ccccc4)c4ccccc4)cn3)nc3cc[nH]c23)CC1. The second-order valence-electron chi connectivity index (χ2n) is 11.9. The van der Waals surface area contributed by atoms with Gasteiger partial charge in [0.2, 0.25) is 0 Å². The molecule has 0 aliphatic heterocycles. The lowest BCUT2D eigenvalue weighted by Gasteiger charge is -2.37. The van der Waals surface area contributed by atoms with Gasteiger partial charge >= 0.3 is 0 Å². The van der Waals surface area contributed by atoms with E-state index in [1.807, 2.05) is 36.8 Å². The van der Waals surface area contributed by atoms with Gasteiger partial charge in [0.1, 0.15) is 11.2 Å². The van der Waals surface area contributed by atoms with Crippen molar-refractivity contribution in [2.45, 2.75) is 43.4 Å². The van der Waals surface area contributed by atoms with Crippen LogP contribution in [0.5, 0.6) is 0 Å². The number of carbonyl (C=O) groups is 1. The molecule has 1 aliphatic rings. The Kier molecular flexibility index (Phi) is 8.90. The summed E-state index contributed by atoms with van der Waals surface area (Å²) < 4.78 is 13.1.